The number of hydrogen-bond donors (Lipinski definition) is 1. The van der Waals surface area contributed by atoms with Crippen molar-refractivity contribution in [3.05, 3.63) is 33.3 Å². The number of carbonyl (C=O) groups excluding carboxylic acids is 1. The number of benzene rings is 1. The Morgan fingerprint density at radius 2 is 2.27 bits per heavy atom. The average Bonchev–Trinajstić information content (AvgIpc) is 2.16. The van der Waals surface area contributed by atoms with E-state index in [0.717, 1.165) is 10.0 Å². The van der Waals surface area contributed by atoms with Gasteiger partial charge in [-0.05, 0) is 23.8 Å². The molecule has 0 radical (unpaired) electrons. The minimum absolute atomic E-state index is 0.142. The summed E-state index contributed by atoms with van der Waals surface area (Å²) < 4.78 is 5.38. The number of halogens is 2. The molecule has 0 saturated carbocycles. The fraction of sp³-hybridized carbons (Fsp3) is 0.300. The fourth-order valence-electron chi connectivity index (χ4n) is 1.17. The van der Waals surface area contributed by atoms with Crippen LogP contribution in [0.5, 0.6) is 0 Å². The summed E-state index contributed by atoms with van der Waals surface area (Å²) >= 11 is 9.17. The van der Waals surface area contributed by atoms with Crippen LogP contribution in [0.1, 0.15) is 18.0 Å². The molecular weight excluding hydrogens is 281 g/mol. The molecule has 1 atom stereocenters. The lowest BCUT2D eigenvalue weighted by Crippen LogP contribution is -2.16. The van der Waals surface area contributed by atoms with Crippen molar-refractivity contribution in [1.29, 1.82) is 0 Å². The van der Waals surface area contributed by atoms with E-state index < -0.39 is 6.04 Å². The third kappa shape index (κ3) is 3.81. The van der Waals surface area contributed by atoms with Gasteiger partial charge in [-0.15, -0.1) is 0 Å². The fourth-order valence-corrected chi connectivity index (χ4v) is 2.06. The Morgan fingerprint density at radius 3 is 2.80 bits per heavy atom. The van der Waals surface area contributed by atoms with E-state index in [2.05, 4.69) is 20.7 Å². The predicted molar refractivity (Wildman–Crippen MR) is 62.7 cm³/mol. The van der Waals surface area contributed by atoms with Crippen LogP contribution in [0, 0.1) is 0 Å². The summed E-state index contributed by atoms with van der Waals surface area (Å²) in [7, 11) is 1.34. The van der Waals surface area contributed by atoms with Crippen molar-refractivity contribution in [3.8, 4) is 0 Å². The molecule has 0 bridgehead atoms. The Morgan fingerprint density at radius 1 is 1.60 bits per heavy atom. The quantitative estimate of drug-likeness (QED) is 0.871. The lowest BCUT2D eigenvalue weighted by molar-refractivity contribution is -0.141. The summed E-state index contributed by atoms with van der Waals surface area (Å²) in [4.78, 5) is 11.0. The van der Waals surface area contributed by atoms with Crippen molar-refractivity contribution in [2.24, 2.45) is 5.73 Å². The summed E-state index contributed by atoms with van der Waals surface area (Å²) in [5.41, 5.74) is 6.63. The van der Waals surface area contributed by atoms with Crippen LogP contribution < -0.4 is 5.73 Å². The number of methoxy groups -OCH3 is 1. The van der Waals surface area contributed by atoms with Gasteiger partial charge in [0.2, 0.25) is 0 Å². The Balaban J connectivity index is 2.81. The van der Waals surface area contributed by atoms with E-state index in [1.807, 2.05) is 6.07 Å². The lowest BCUT2D eigenvalue weighted by atomic mass is 10.1. The summed E-state index contributed by atoms with van der Waals surface area (Å²) in [5, 5.41) is 0.583. The Labute approximate surface area is 102 Å². The predicted octanol–water partition coefficient (Wildman–Crippen LogP) is 2.67. The third-order valence-corrected chi connectivity index (χ3v) is 2.60. The molecule has 0 aliphatic rings. The van der Waals surface area contributed by atoms with Gasteiger partial charge in [0, 0.05) is 15.5 Å². The Hall–Kier alpha value is -0.580. The van der Waals surface area contributed by atoms with Crippen LogP contribution in [-0.2, 0) is 9.53 Å². The second-order valence-corrected chi connectivity index (χ2v) is 4.44. The molecule has 1 aromatic rings. The zero-order chi connectivity index (χ0) is 11.4. The number of ether oxygens (including phenoxy) is 1. The highest BCUT2D eigenvalue weighted by molar-refractivity contribution is 9.10. The highest BCUT2D eigenvalue weighted by Crippen LogP contribution is 2.24. The molecule has 82 valence electrons. The number of hydrogen-bond acceptors (Lipinski definition) is 3. The van der Waals surface area contributed by atoms with E-state index in [4.69, 9.17) is 17.3 Å². The number of rotatable bonds is 3. The van der Waals surface area contributed by atoms with Gasteiger partial charge in [0.1, 0.15) is 0 Å². The van der Waals surface area contributed by atoms with Gasteiger partial charge in [0.15, 0.2) is 0 Å². The van der Waals surface area contributed by atoms with Gasteiger partial charge in [-0.25, -0.2) is 0 Å². The summed E-state index contributed by atoms with van der Waals surface area (Å²) in [6.07, 6.45) is 0.142. The second kappa shape index (κ2) is 5.49. The smallest absolute Gasteiger partial charge is 0.307 e. The van der Waals surface area contributed by atoms with E-state index in [0.29, 0.717) is 5.02 Å². The van der Waals surface area contributed by atoms with Crippen molar-refractivity contribution >= 4 is 33.5 Å². The molecule has 15 heavy (non-hydrogen) atoms. The minimum Gasteiger partial charge on any atom is -0.469 e. The highest BCUT2D eigenvalue weighted by Gasteiger charge is 2.12. The Bertz CT molecular complexity index is 350. The number of carbonyl (C=O) groups is 1. The van der Waals surface area contributed by atoms with Crippen molar-refractivity contribution < 1.29 is 9.53 Å². The molecule has 0 saturated heterocycles. The summed E-state index contributed by atoms with van der Waals surface area (Å²) in [6, 6.07) is 4.93. The molecule has 1 aromatic carbocycles. The molecule has 0 aromatic heterocycles. The molecule has 1 rings (SSSR count). The topological polar surface area (TPSA) is 52.3 Å². The largest absolute Gasteiger partial charge is 0.469 e. The van der Waals surface area contributed by atoms with Crippen LogP contribution in [0.3, 0.4) is 0 Å². The number of nitrogens with two attached hydrogens (primary N) is 1. The van der Waals surface area contributed by atoms with Crippen LogP contribution in [-0.4, -0.2) is 13.1 Å². The van der Waals surface area contributed by atoms with Crippen LogP contribution in [0.25, 0.3) is 0 Å². The molecule has 3 nitrogen and oxygen atoms in total. The van der Waals surface area contributed by atoms with Crippen LogP contribution in [0.4, 0.5) is 0 Å². The van der Waals surface area contributed by atoms with Crippen molar-refractivity contribution in [1.82, 2.24) is 0 Å². The van der Waals surface area contributed by atoms with Gasteiger partial charge >= 0.3 is 5.97 Å². The highest BCUT2D eigenvalue weighted by atomic mass is 79.9. The molecular formula is C10H11BrClNO2. The van der Waals surface area contributed by atoms with E-state index in [1.54, 1.807) is 12.1 Å². The summed E-state index contributed by atoms with van der Waals surface area (Å²) in [6.45, 7) is 0. The molecule has 0 amide bonds. The molecule has 5 heteroatoms. The van der Waals surface area contributed by atoms with Crippen molar-refractivity contribution in [3.63, 3.8) is 0 Å². The van der Waals surface area contributed by atoms with E-state index in [1.165, 1.54) is 7.11 Å². The first kappa shape index (κ1) is 12.5. The van der Waals surface area contributed by atoms with Gasteiger partial charge in [-0.2, -0.15) is 0 Å². The van der Waals surface area contributed by atoms with Gasteiger partial charge < -0.3 is 10.5 Å². The number of esters is 1. The first-order valence-corrected chi connectivity index (χ1v) is 5.48. The molecule has 0 spiro atoms. The standard InChI is InChI=1S/C10H11BrClNO2/c1-15-10(14)5-9(13)6-2-7(11)4-8(12)3-6/h2-4,9H,5,13H2,1H3. The maximum absolute atomic E-state index is 11.0. The molecule has 2 N–H and O–H groups in total. The van der Waals surface area contributed by atoms with E-state index >= 15 is 0 Å². The van der Waals surface area contributed by atoms with Crippen molar-refractivity contribution in [2.45, 2.75) is 12.5 Å². The Kier molecular flexibility index (Phi) is 4.57. The average molecular weight is 293 g/mol. The molecule has 0 aliphatic heterocycles. The minimum atomic E-state index is -0.396. The first-order chi connectivity index (χ1) is 7.02. The molecule has 1 unspecified atom stereocenters. The first-order valence-electron chi connectivity index (χ1n) is 4.31. The third-order valence-electron chi connectivity index (χ3n) is 1.93. The maximum Gasteiger partial charge on any atom is 0.307 e. The van der Waals surface area contributed by atoms with Crippen LogP contribution in [0.15, 0.2) is 22.7 Å². The maximum atomic E-state index is 11.0. The van der Waals surface area contributed by atoms with E-state index in [9.17, 15) is 4.79 Å². The zero-order valence-electron chi connectivity index (χ0n) is 8.17. The zero-order valence-corrected chi connectivity index (χ0v) is 10.5. The SMILES string of the molecule is COC(=O)CC(N)c1cc(Cl)cc(Br)c1. The van der Waals surface area contributed by atoms with Gasteiger partial charge in [0.05, 0.1) is 13.5 Å². The van der Waals surface area contributed by atoms with Gasteiger partial charge in [-0.1, -0.05) is 27.5 Å². The lowest BCUT2D eigenvalue weighted by Gasteiger charge is -2.11. The van der Waals surface area contributed by atoms with Gasteiger partial charge in [0.25, 0.3) is 0 Å². The van der Waals surface area contributed by atoms with Crippen LogP contribution >= 0.6 is 27.5 Å². The van der Waals surface area contributed by atoms with Gasteiger partial charge in [-0.3, -0.25) is 4.79 Å². The summed E-state index contributed by atoms with van der Waals surface area (Å²) in [5.74, 6) is -0.335. The van der Waals surface area contributed by atoms with Crippen LogP contribution in [0.2, 0.25) is 5.02 Å². The van der Waals surface area contributed by atoms with E-state index in [-0.39, 0.29) is 12.4 Å². The normalized spacial score (nSPS) is 12.3. The molecule has 0 fully saturated rings. The van der Waals surface area contributed by atoms with Crippen molar-refractivity contribution in [2.75, 3.05) is 7.11 Å². The molecule has 0 heterocycles. The second-order valence-electron chi connectivity index (χ2n) is 3.09. The monoisotopic (exact) mass is 291 g/mol. The molecule has 0 aliphatic carbocycles.